The van der Waals surface area contributed by atoms with Crippen LogP contribution < -0.4 is 10.5 Å². The highest BCUT2D eigenvalue weighted by Gasteiger charge is 2.16. The lowest BCUT2D eigenvalue weighted by atomic mass is 10.1. The molecule has 100 valence electrons. The number of hydrogen-bond acceptors (Lipinski definition) is 3. The van der Waals surface area contributed by atoms with Crippen molar-refractivity contribution in [2.75, 3.05) is 13.2 Å². The number of benzene rings is 1. The predicted molar refractivity (Wildman–Crippen MR) is 68.1 cm³/mol. The van der Waals surface area contributed by atoms with Gasteiger partial charge in [0, 0.05) is 18.2 Å². The Labute approximate surface area is 107 Å². The first-order valence-electron chi connectivity index (χ1n) is 6.46. The molecule has 1 heterocycles. The molecule has 2 rings (SSSR count). The Hall–Kier alpha value is -1.13. The van der Waals surface area contributed by atoms with E-state index in [1.54, 1.807) is 6.07 Å². The maximum atomic E-state index is 13.2. The summed E-state index contributed by atoms with van der Waals surface area (Å²) in [6.07, 6.45) is 3.47. The Morgan fingerprint density at radius 3 is 3.00 bits per heavy atom. The zero-order chi connectivity index (χ0) is 13.0. The first-order chi connectivity index (χ1) is 8.66. The lowest BCUT2D eigenvalue weighted by molar-refractivity contribution is -0.0113. The number of ether oxygens (including phenoxy) is 2. The molecule has 0 radical (unpaired) electrons. The highest BCUT2D eigenvalue weighted by Crippen LogP contribution is 2.25. The highest BCUT2D eigenvalue weighted by molar-refractivity contribution is 5.36. The zero-order valence-electron chi connectivity index (χ0n) is 10.7. The van der Waals surface area contributed by atoms with Gasteiger partial charge in [0.2, 0.25) is 0 Å². The van der Waals surface area contributed by atoms with Crippen molar-refractivity contribution in [3.8, 4) is 5.75 Å². The first kappa shape index (κ1) is 13.3. The Morgan fingerprint density at radius 1 is 1.50 bits per heavy atom. The van der Waals surface area contributed by atoms with Gasteiger partial charge in [-0.3, -0.25) is 0 Å². The van der Waals surface area contributed by atoms with E-state index in [-0.39, 0.29) is 18.0 Å². The molecule has 0 aromatic heterocycles. The van der Waals surface area contributed by atoms with Gasteiger partial charge >= 0.3 is 0 Å². The molecule has 0 bridgehead atoms. The van der Waals surface area contributed by atoms with Crippen LogP contribution >= 0.6 is 0 Å². The van der Waals surface area contributed by atoms with Crippen LogP contribution in [0.5, 0.6) is 5.75 Å². The molecule has 18 heavy (non-hydrogen) atoms. The van der Waals surface area contributed by atoms with Gasteiger partial charge in [-0.2, -0.15) is 0 Å². The van der Waals surface area contributed by atoms with Crippen molar-refractivity contribution >= 4 is 0 Å². The summed E-state index contributed by atoms with van der Waals surface area (Å²) in [4.78, 5) is 0. The molecule has 1 aliphatic heterocycles. The van der Waals surface area contributed by atoms with Crippen molar-refractivity contribution in [2.24, 2.45) is 5.73 Å². The molecule has 0 saturated carbocycles. The SMILES string of the molecule is C[C@@H](N)c1cc(F)ccc1OCC1CCCCO1. The third kappa shape index (κ3) is 3.43. The topological polar surface area (TPSA) is 44.5 Å². The smallest absolute Gasteiger partial charge is 0.124 e. The zero-order valence-corrected chi connectivity index (χ0v) is 10.7. The van der Waals surface area contributed by atoms with Crippen molar-refractivity contribution in [2.45, 2.75) is 38.3 Å². The molecular formula is C14H20FNO2. The third-order valence-electron chi connectivity index (χ3n) is 3.16. The van der Waals surface area contributed by atoms with Crippen molar-refractivity contribution in [1.29, 1.82) is 0 Å². The van der Waals surface area contributed by atoms with E-state index in [9.17, 15) is 4.39 Å². The Bertz CT molecular complexity index is 389. The van der Waals surface area contributed by atoms with E-state index in [1.807, 2.05) is 6.92 Å². The van der Waals surface area contributed by atoms with E-state index in [4.69, 9.17) is 15.2 Å². The minimum absolute atomic E-state index is 0.143. The molecule has 1 fully saturated rings. The molecule has 0 amide bonds. The molecule has 1 saturated heterocycles. The number of nitrogens with two attached hydrogens (primary N) is 1. The van der Waals surface area contributed by atoms with Crippen molar-refractivity contribution in [1.82, 2.24) is 0 Å². The van der Waals surface area contributed by atoms with Gasteiger partial charge in [0.15, 0.2) is 0 Å². The quantitative estimate of drug-likeness (QED) is 0.897. The number of rotatable bonds is 4. The van der Waals surface area contributed by atoms with Crippen LogP contribution in [0.25, 0.3) is 0 Å². The minimum atomic E-state index is -0.288. The van der Waals surface area contributed by atoms with Crippen molar-refractivity contribution in [3.05, 3.63) is 29.6 Å². The summed E-state index contributed by atoms with van der Waals surface area (Å²) in [7, 11) is 0. The van der Waals surface area contributed by atoms with Gasteiger partial charge in [-0.25, -0.2) is 4.39 Å². The van der Waals surface area contributed by atoms with Gasteiger partial charge in [-0.1, -0.05) is 0 Å². The highest BCUT2D eigenvalue weighted by atomic mass is 19.1. The lowest BCUT2D eigenvalue weighted by Crippen LogP contribution is -2.26. The van der Waals surface area contributed by atoms with Crippen LogP contribution in [0, 0.1) is 5.82 Å². The summed E-state index contributed by atoms with van der Waals surface area (Å²) in [5.41, 5.74) is 6.51. The van der Waals surface area contributed by atoms with Crippen molar-refractivity contribution in [3.63, 3.8) is 0 Å². The largest absolute Gasteiger partial charge is 0.491 e. The van der Waals surface area contributed by atoms with Gasteiger partial charge in [-0.15, -0.1) is 0 Å². The monoisotopic (exact) mass is 253 g/mol. The summed E-state index contributed by atoms with van der Waals surface area (Å²) < 4.78 is 24.5. The maximum Gasteiger partial charge on any atom is 0.124 e. The molecule has 0 aliphatic carbocycles. The molecule has 1 aromatic rings. The average Bonchev–Trinajstić information content (AvgIpc) is 2.38. The van der Waals surface area contributed by atoms with Gasteiger partial charge in [0.1, 0.15) is 18.2 Å². The Balaban J connectivity index is 1.99. The van der Waals surface area contributed by atoms with Crippen LogP contribution in [0.3, 0.4) is 0 Å². The molecule has 1 unspecified atom stereocenters. The summed E-state index contributed by atoms with van der Waals surface area (Å²) >= 11 is 0. The van der Waals surface area contributed by atoms with Gasteiger partial charge < -0.3 is 15.2 Å². The Kier molecular flexibility index (Phi) is 4.55. The summed E-state index contributed by atoms with van der Waals surface area (Å²) in [5.74, 6) is 0.365. The molecule has 4 heteroatoms. The predicted octanol–water partition coefficient (Wildman–Crippen LogP) is 2.79. The van der Waals surface area contributed by atoms with Gasteiger partial charge in [0.05, 0.1) is 6.10 Å². The summed E-state index contributed by atoms with van der Waals surface area (Å²) in [6.45, 7) is 3.13. The lowest BCUT2D eigenvalue weighted by Gasteiger charge is -2.23. The second-order valence-electron chi connectivity index (χ2n) is 4.77. The van der Waals surface area contributed by atoms with Gasteiger partial charge in [0.25, 0.3) is 0 Å². The minimum Gasteiger partial charge on any atom is -0.491 e. The van der Waals surface area contributed by atoms with E-state index >= 15 is 0 Å². The second-order valence-corrected chi connectivity index (χ2v) is 4.77. The van der Waals surface area contributed by atoms with Crippen LogP contribution in [0.2, 0.25) is 0 Å². The summed E-state index contributed by atoms with van der Waals surface area (Å²) in [6, 6.07) is 4.21. The molecule has 2 N–H and O–H groups in total. The Morgan fingerprint density at radius 2 is 2.33 bits per heavy atom. The average molecular weight is 253 g/mol. The van der Waals surface area contributed by atoms with E-state index < -0.39 is 0 Å². The number of halogens is 1. The summed E-state index contributed by atoms with van der Waals surface area (Å²) in [5, 5.41) is 0. The van der Waals surface area contributed by atoms with Crippen LogP contribution in [0.4, 0.5) is 4.39 Å². The van der Waals surface area contributed by atoms with E-state index in [0.29, 0.717) is 17.9 Å². The molecule has 1 aromatic carbocycles. The second kappa shape index (κ2) is 6.16. The molecule has 0 spiro atoms. The van der Waals surface area contributed by atoms with Crippen LogP contribution in [-0.2, 0) is 4.74 Å². The molecule has 2 atom stereocenters. The first-order valence-corrected chi connectivity index (χ1v) is 6.46. The maximum absolute atomic E-state index is 13.2. The van der Waals surface area contributed by atoms with Gasteiger partial charge in [-0.05, 0) is 44.4 Å². The van der Waals surface area contributed by atoms with E-state index in [1.165, 1.54) is 18.6 Å². The normalized spacial score (nSPS) is 21.6. The van der Waals surface area contributed by atoms with Crippen LogP contribution in [0.15, 0.2) is 18.2 Å². The van der Waals surface area contributed by atoms with Crippen LogP contribution in [0.1, 0.15) is 37.8 Å². The molecule has 1 aliphatic rings. The fourth-order valence-corrected chi connectivity index (χ4v) is 2.13. The fraction of sp³-hybridized carbons (Fsp3) is 0.571. The van der Waals surface area contributed by atoms with E-state index in [2.05, 4.69) is 0 Å². The van der Waals surface area contributed by atoms with Crippen molar-refractivity contribution < 1.29 is 13.9 Å². The van der Waals surface area contributed by atoms with E-state index in [0.717, 1.165) is 19.4 Å². The molecular weight excluding hydrogens is 233 g/mol. The standard InChI is InChI=1S/C14H20FNO2/c1-10(16)13-8-11(15)5-6-14(13)18-9-12-4-2-3-7-17-12/h5-6,8,10,12H,2-4,7,9,16H2,1H3/t10-,12?/m1/s1. The third-order valence-corrected chi connectivity index (χ3v) is 3.16. The van der Waals surface area contributed by atoms with Crippen LogP contribution in [-0.4, -0.2) is 19.3 Å². The fourth-order valence-electron chi connectivity index (χ4n) is 2.13. The number of hydrogen-bond donors (Lipinski definition) is 1. The molecule has 3 nitrogen and oxygen atoms in total.